The van der Waals surface area contributed by atoms with E-state index < -0.39 is 0 Å². The molecule has 0 aliphatic rings. The smallest absolute Gasteiger partial charge is 0.125 e. The topological polar surface area (TPSA) is 25.8 Å². The lowest BCUT2D eigenvalue weighted by molar-refractivity contribution is 0.761. The minimum atomic E-state index is 0.881. The van der Waals surface area contributed by atoms with Crippen LogP contribution in [-0.2, 0) is 6.42 Å². The van der Waals surface area contributed by atoms with Gasteiger partial charge in [-0.15, -0.1) is 0 Å². The van der Waals surface area contributed by atoms with Gasteiger partial charge in [0.05, 0.1) is 0 Å². The number of aryl methyl sites for hydroxylation is 3. The van der Waals surface area contributed by atoms with Gasteiger partial charge >= 0.3 is 0 Å². The molecular formula is C10H16N2. The summed E-state index contributed by atoms with van der Waals surface area (Å²) >= 11 is 0. The van der Waals surface area contributed by atoms with Crippen LogP contribution in [0.15, 0.2) is 6.20 Å². The Bertz CT molecular complexity index is 256. The van der Waals surface area contributed by atoms with Crippen molar-refractivity contribution < 1.29 is 0 Å². The molecule has 0 atom stereocenters. The molecule has 0 fully saturated rings. The van der Waals surface area contributed by atoms with Crippen molar-refractivity contribution in [1.29, 1.82) is 0 Å². The van der Waals surface area contributed by atoms with Gasteiger partial charge in [-0.3, -0.25) is 0 Å². The minimum absolute atomic E-state index is 0.881. The van der Waals surface area contributed by atoms with Crippen molar-refractivity contribution in [2.75, 3.05) is 0 Å². The molecule has 0 saturated carbocycles. The van der Waals surface area contributed by atoms with Gasteiger partial charge in [0.25, 0.3) is 0 Å². The summed E-state index contributed by atoms with van der Waals surface area (Å²) in [7, 11) is 0. The normalized spacial score (nSPS) is 10.2. The Morgan fingerprint density at radius 1 is 1.33 bits per heavy atom. The van der Waals surface area contributed by atoms with E-state index in [1.165, 1.54) is 24.1 Å². The van der Waals surface area contributed by atoms with Crippen LogP contribution < -0.4 is 0 Å². The summed E-state index contributed by atoms with van der Waals surface area (Å²) in [5, 5.41) is 0. The van der Waals surface area contributed by atoms with Crippen molar-refractivity contribution in [3.05, 3.63) is 23.3 Å². The molecule has 0 radical (unpaired) electrons. The van der Waals surface area contributed by atoms with E-state index in [9.17, 15) is 0 Å². The SMILES string of the molecule is CCCCc1nc(C)ncc1C. The second kappa shape index (κ2) is 4.19. The van der Waals surface area contributed by atoms with E-state index in [2.05, 4.69) is 23.8 Å². The predicted molar refractivity (Wildman–Crippen MR) is 50.1 cm³/mol. The van der Waals surface area contributed by atoms with E-state index in [0.717, 1.165) is 12.2 Å². The fourth-order valence-electron chi connectivity index (χ4n) is 1.17. The summed E-state index contributed by atoms with van der Waals surface area (Å²) in [6.45, 7) is 6.21. The van der Waals surface area contributed by atoms with Crippen molar-refractivity contribution in [3.63, 3.8) is 0 Å². The first-order chi connectivity index (χ1) is 5.74. The van der Waals surface area contributed by atoms with Crippen molar-refractivity contribution in [3.8, 4) is 0 Å². The number of hydrogen-bond acceptors (Lipinski definition) is 2. The highest BCUT2D eigenvalue weighted by Gasteiger charge is 1.99. The third-order valence-corrected chi connectivity index (χ3v) is 1.96. The molecular weight excluding hydrogens is 148 g/mol. The minimum Gasteiger partial charge on any atom is -0.241 e. The molecule has 0 unspecified atom stereocenters. The quantitative estimate of drug-likeness (QED) is 0.685. The van der Waals surface area contributed by atoms with Crippen LogP contribution >= 0.6 is 0 Å². The molecule has 1 heterocycles. The van der Waals surface area contributed by atoms with E-state index >= 15 is 0 Å². The van der Waals surface area contributed by atoms with Gasteiger partial charge in [0.15, 0.2) is 0 Å². The van der Waals surface area contributed by atoms with E-state index in [1.54, 1.807) is 0 Å². The van der Waals surface area contributed by atoms with Crippen molar-refractivity contribution in [2.24, 2.45) is 0 Å². The molecule has 0 N–H and O–H groups in total. The molecule has 66 valence electrons. The van der Waals surface area contributed by atoms with Crippen LogP contribution in [0, 0.1) is 13.8 Å². The molecule has 0 bridgehead atoms. The molecule has 1 aromatic heterocycles. The Kier molecular flexibility index (Phi) is 3.20. The maximum Gasteiger partial charge on any atom is 0.125 e. The summed E-state index contributed by atoms with van der Waals surface area (Å²) in [6.07, 6.45) is 5.44. The highest BCUT2D eigenvalue weighted by Crippen LogP contribution is 2.07. The van der Waals surface area contributed by atoms with Gasteiger partial charge in [0, 0.05) is 11.9 Å². The molecule has 2 nitrogen and oxygen atoms in total. The van der Waals surface area contributed by atoms with E-state index in [1.807, 2.05) is 13.1 Å². The predicted octanol–water partition coefficient (Wildman–Crippen LogP) is 2.44. The Hall–Kier alpha value is -0.920. The first-order valence-electron chi connectivity index (χ1n) is 4.53. The van der Waals surface area contributed by atoms with Crippen LogP contribution in [0.25, 0.3) is 0 Å². The molecule has 0 aliphatic carbocycles. The molecule has 1 aromatic rings. The summed E-state index contributed by atoms with van der Waals surface area (Å²) in [4.78, 5) is 8.54. The lowest BCUT2D eigenvalue weighted by Gasteiger charge is -2.03. The summed E-state index contributed by atoms with van der Waals surface area (Å²) in [5.41, 5.74) is 2.43. The average Bonchev–Trinajstić information content (AvgIpc) is 2.07. The van der Waals surface area contributed by atoms with Crippen molar-refractivity contribution in [2.45, 2.75) is 40.0 Å². The molecule has 12 heavy (non-hydrogen) atoms. The number of nitrogens with zero attached hydrogens (tertiary/aromatic N) is 2. The lowest BCUT2D eigenvalue weighted by atomic mass is 10.1. The highest BCUT2D eigenvalue weighted by molar-refractivity contribution is 5.15. The Morgan fingerprint density at radius 2 is 2.08 bits per heavy atom. The van der Waals surface area contributed by atoms with Gasteiger partial charge in [-0.05, 0) is 32.3 Å². The first-order valence-corrected chi connectivity index (χ1v) is 4.53. The Labute approximate surface area is 74.1 Å². The zero-order valence-corrected chi connectivity index (χ0v) is 8.09. The van der Waals surface area contributed by atoms with Crippen LogP contribution in [0.2, 0.25) is 0 Å². The first kappa shape index (κ1) is 9.17. The summed E-state index contributed by atoms with van der Waals surface area (Å²) in [6, 6.07) is 0. The number of unbranched alkanes of at least 4 members (excludes halogenated alkanes) is 1. The van der Waals surface area contributed by atoms with E-state index in [-0.39, 0.29) is 0 Å². The fourth-order valence-corrected chi connectivity index (χ4v) is 1.17. The molecule has 2 heteroatoms. The van der Waals surface area contributed by atoms with Crippen LogP contribution in [-0.4, -0.2) is 9.97 Å². The second-order valence-corrected chi connectivity index (χ2v) is 3.15. The van der Waals surface area contributed by atoms with E-state index in [0.29, 0.717) is 0 Å². The molecule has 0 amide bonds. The van der Waals surface area contributed by atoms with Crippen LogP contribution in [0.3, 0.4) is 0 Å². The molecule has 0 spiro atoms. The molecule has 1 rings (SSSR count). The number of rotatable bonds is 3. The van der Waals surface area contributed by atoms with Crippen LogP contribution in [0.5, 0.6) is 0 Å². The van der Waals surface area contributed by atoms with E-state index in [4.69, 9.17) is 0 Å². The molecule has 0 aromatic carbocycles. The summed E-state index contributed by atoms with van der Waals surface area (Å²) in [5.74, 6) is 0.881. The zero-order chi connectivity index (χ0) is 8.97. The van der Waals surface area contributed by atoms with Gasteiger partial charge in [-0.25, -0.2) is 9.97 Å². The second-order valence-electron chi connectivity index (χ2n) is 3.15. The lowest BCUT2D eigenvalue weighted by Crippen LogP contribution is -1.98. The fraction of sp³-hybridized carbons (Fsp3) is 0.600. The Balaban J connectivity index is 2.75. The zero-order valence-electron chi connectivity index (χ0n) is 8.09. The molecule has 0 saturated heterocycles. The van der Waals surface area contributed by atoms with Crippen LogP contribution in [0.4, 0.5) is 0 Å². The van der Waals surface area contributed by atoms with Gasteiger partial charge < -0.3 is 0 Å². The van der Waals surface area contributed by atoms with Gasteiger partial charge in [0.2, 0.25) is 0 Å². The van der Waals surface area contributed by atoms with Gasteiger partial charge in [-0.2, -0.15) is 0 Å². The monoisotopic (exact) mass is 164 g/mol. The Morgan fingerprint density at radius 3 is 2.75 bits per heavy atom. The summed E-state index contributed by atoms with van der Waals surface area (Å²) < 4.78 is 0. The average molecular weight is 164 g/mol. The maximum absolute atomic E-state index is 4.40. The van der Waals surface area contributed by atoms with Gasteiger partial charge in [-0.1, -0.05) is 13.3 Å². The number of hydrogen-bond donors (Lipinski definition) is 0. The molecule has 0 aliphatic heterocycles. The highest BCUT2D eigenvalue weighted by atomic mass is 14.9. The largest absolute Gasteiger partial charge is 0.241 e. The van der Waals surface area contributed by atoms with Crippen molar-refractivity contribution in [1.82, 2.24) is 9.97 Å². The maximum atomic E-state index is 4.40. The van der Waals surface area contributed by atoms with Gasteiger partial charge in [0.1, 0.15) is 5.82 Å². The third kappa shape index (κ3) is 2.29. The third-order valence-electron chi connectivity index (χ3n) is 1.96. The van der Waals surface area contributed by atoms with Crippen molar-refractivity contribution >= 4 is 0 Å². The van der Waals surface area contributed by atoms with Crippen LogP contribution in [0.1, 0.15) is 36.8 Å². The standard InChI is InChI=1S/C10H16N2/c1-4-5-6-10-8(2)7-11-9(3)12-10/h7H,4-6H2,1-3H3. The number of aromatic nitrogens is 2.